The molecule has 0 unspecified atom stereocenters. The van der Waals surface area contributed by atoms with Gasteiger partial charge < -0.3 is 18.6 Å². The Morgan fingerprint density at radius 2 is 1.90 bits per heavy atom. The lowest BCUT2D eigenvalue weighted by atomic mass is 9.91. The van der Waals surface area contributed by atoms with Crippen LogP contribution in [-0.2, 0) is 16.9 Å². The third-order valence-electron chi connectivity index (χ3n) is 7.48. The Labute approximate surface area is 230 Å². The Kier molecular flexibility index (Phi) is 6.16. The van der Waals surface area contributed by atoms with Gasteiger partial charge >= 0.3 is 10.5 Å². The topological polar surface area (TPSA) is 108 Å². The van der Waals surface area contributed by atoms with Crippen LogP contribution in [-0.4, -0.2) is 43.0 Å². The summed E-state index contributed by atoms with van der Waals surface area (Å²) < 4.78 is 42.3. The van der Waals surface area contributed by atoms with Gasteiger partial charge in [-0.05, 0) is 72.5 Å². The summed E-state index contributed by atoms with van der Waals surface area (Å²) in [4.78, 5) is 19.7. The molecule has 0 saturated carbocycles. The predicted molar refractivity (Wildman–Crippen MR) is 153 cm³/mol. The molecule has 3 aromatic carbocycles. The summed E-state index contributed by atoms with van der Waals surface area (Å²) in [6, 6.07) is 17.8. The summed E-state index contributed by atoms with van der Waals surface area (Å²) >= 11 is 0. The fourth-order valence-corrected chi connectivity index (χ4v) is 6.18. The van der Waals surface area contributed by atoms with Crippen LogP contribution in [0.25, 0.3) is 44.0 Å². The van der Waals surface area contributed by atoms with E-state index in [1.807, 2.05) is 31.3 Å². The maximum Gasteiger partial charge on any atom is 0.488 e. The van der Waals surface area contributed by atoms with E-state index < -0.39 is 10.5 Å². The molecular weight excluding hydrogens is 531 g/mol. The Morgan fingerprint density at radius 3 is 2.58 bits per heavy atom. The Bertz CT molecular complexity index is 2030. The highest BCUT2D eigenvalue weighted by molar-refractivity contribution is 7.81. The summed E-state index contributed by atoms with van der Waals surface area (Å²) in [5, 5.41) is 11.4. The molecule has 8 nitrogen and oxygen atoms in total. The van der Waals surface area contributed by atoms with Gasteiger partial charge in [-0.1, -0.05) is 35.9 Å². The van der Waals surface area contributed by atoms with Crippen LogP contribution in [0.5, 0.6) is 5.75 Å². The van der Waals surface area contributed by atoms with E-state index in [0.717, 1.165) is 40.6 Å². The van der Waals surface area contributed by atoms with Crippen LogP contribution >= 0.6 is 0 Å². The van der Waals surface area contributed by atoms with E-state index in [2.05, 4.69) is 38.6 Å². The monoisotopic (exact) mass is 558 g/mol. The van der Waals surface area contributed by atoms with Crippen LogP contribution in [0, 0.1) is 17.2 Å². The summed E-state index contributed by atoms with van der Waals surface area (Å²) in [6.45, 7) is 5.77. The SMILES string of the molecule is CC(C)Cc1cc2c(=O)c3c4ccc(C#N)cc4[nH]c3n(C3CN(C)C3)c2cc1-c1cccc(OS(=O)(=O)F)c1. The van der Waals surface area contributed by atoms with Crippen LogP contribution in [0.3, 0.4) is 0 Å². The minimum absolute atomic E-state index is 0.0953. The van der Waals surface area contributed by atoms with E-state index in [1.165, 1.54) is 12.1 Å². The largest absolute Gasteiger partial charge is 0.488 e. The minimum atomic E-state index is -5.18. The molecule has 0 radical (unpaired) electrons. The van der Waals surface area contributed by atoms with Crippen molar-refractivity contribution in [3.8, 4) is 22.9 Å². The molecule has 0 amide bonds. The van der Waals surface area contributed by atoms with E-state index >= 15 is 0 Å². The number of fused-ring (bicyclic) bond motifs is 4. The summed E-state index contributed by atoms with van der Waals surface area (Å²) in [6.07, 6.45) is 0.667. The normalized spacial score (nSPS) is 14.7. The average molecular weight is 559 g/mol. The van der Waals surface area contributed by atoms with Crippen molar-refractivity contribution in [3.63, 3.8) is 0 Å². The average Bonchev–Trinajstić information content (AvgIpc) is 3.25. The first-order chi connectivity index (χ1) is 19.0. The molecule has 1 fully saturated rings. The van der Waals surface area contributed by atoms with Crippen molar-refractivity contribution < 1.29 is 16.5 Å². The van der Waals surface area contributed by atoms with Gasteiger partial charge in [-0.25, -0.2) is 0 Å². The second-order valence-electron chi connectivity index (χ2n) is 10.9. The number of aromatic amines is 1. The van der Waals surface area contributed by atoms with Crippen molar-refractivity contribution in [2.45, 2.75) is 26.3 Å². The van der Waals surface area contributed by atoms with E-state index in [4.69, 9.17) is 0 Å². The van der Waals surface area contributed by atoms with Crippen LogP contribution in [0.2, 0.25) is 0 Å². The second-order valence-corrected chi connectivity index (χ2v) is 11.9. The van der Waals surface area contributed by atoms with Crippen LogP contribution in [0.1, 0.15) is 31.0 Å². The number of hydrogen-bond acceptors (Lipinski definition) is 6. The molecule has 0 atom stereocenters. The van der Waals surface area contributed by atoms with Crippen LogP contribution in [0.4, 0.5) is 3.89 Å². The van der Waals surface area contributed by atoms with Crippen molar-refractivity contribution in [1.82, 2.24) is 14.5 Å². The molecule has 0 spiro atoms. The van der Waals surface area contributed by atoms with Gasteiger partial charge in [-0.2, -0.15) is 13.7 Å². The quantitative estimate of drug-likeness (QED) is 0.278. The highest BCUT2D eigenvalue weighted by atomic mass is 32.3. The van der Waals surface area contributed by atoms with Gasteiger partial charge in [0.15, 0.2) is 5.43 Å². The fourth-order valence-electron chi connectivity index (χ4n) is 5.85. The molecule has 5 aromatic rings. The zero-order valence-corrected chi connectivity index (χ0v) is 23.0. The summed E-state index contributed by atoms with van der Waals surface area (Å²) in [7, 11) is -3.14. The Morgan fingerprint density at radius 1 is 1.12 bits per heavy atom. The number of aromatic nitrogens is 2. The smallest absolute Gasteiger partial charge is 0.358 e. The first-order valence-corrected chi connectivity index (χ1v) is 14.3. The third-order valence-corrected chi connectivity index (χ3v) is 7.87. The molecule has 1 N–H and O–H groups in total. The highest BCUT2D eigenvalue weighted by Gasteiger charge is 2.29. The van der Waals surface area contributed by atoms with Crippen molar-refractivity contribution in [2.75, 3.05) is 20.1 Å². The van der Waals surface area contributed by atoms with Crippen LogP contribution < -0.4 is 9.61 Å². The number of H-pyrrole nitrogens is 1. The van der Waals surface area contributed by atoms with E-state index in [1.54, 1.807) is 18.2 Å². The Hall–Kier alpha value is -4.20. The van der Waals surface area contributed by atoms with Gasteiger partial charge in [0.25, 0.3) is 0 Å². The maximum atomic E-state index is 14.1. The molecule has 3 heterocycles. The molecule has 1 aliphatic heterocycles. The number of nitriles is 1. The van der Waals surface area contributed by atoms with Crippen molar-refractivity contribution >= 4 is 43.3 Å². The van der Waals surface area contributed by atoms with Crippen molar-refractivity contribution in [1.29, 1.82) is 5.26 Å². The Balaban J connectivity index is 1.69. The molecule has 1 aliphatic rings. The molecule has 10 heteroatoms. The van der Waals surface area contributed by atoms with Gasteiger partial charge in [0, 0.05) is 29.4 Å². The highest BCUT2D eigenvalue weighted by Crippen LogP contribution is 2.37. The lowest BCUT2D eigenvalue weighted by Gasteiger charge is -2.39. The first kappa shape index (κ1) is 26.0. The number of benzene rings is 3. The van der Waals surface area contributed by atoms with E-state index in [-0.39, 0.29) is 23.1 Å². The first-order valence-electron chi connectivity index (χ1n) is 13.0. The standard InChI is InChI=1S/C30H27FN4O4S/c1-17(2)9-20-12-25-27(13-24(20)19-5-4-6-22(11-19)39-40(31,37)38)35(21-15-34(3)16-21)30-28(29(25)36)23-8-7-18(14-32)10-26(23)33-30/h4-8,10-13,17,21,33H,9,15-16H2,1-3H3. The van der Waals surface area contributed by atoms with Crippen molar-refractivity contribution in [2.24, 2.45) is 5.92 Å². The number of nitrogens with zero attached hydrogens (tertiary/aromatic N) is 3. The van der Waals surface area contributed by atoms with Gasteiger partial charge in [0.2, 0.25) is 0 Å². The van der Waals surface area contributed by atoms with E-state index in [9.17, 15) is 22.4 Å². The van der Waals surface area contributed by atoms with Gasteiger partial charge in [0.1, 0.15) is 11.4 Å². The predicted octanol–water partition coefficient (Wildman–Crippen LogP) is 5.45. The molecule has 40 heavy (non-hydrogen) atoms. The second kappa shape index (κ2) is 9.47. The van der Waals surface area contributed by atoms with Crippen molar-refractivity contribution in [3.05, 3.63) is 75.9 Å². The molecule has 6 rings (SSSR count). The lowest BCUT2D eigenvalue weighted by molar-refractivity contribution is 0.146. The number of likely N-dealkylation sites (tertiary alicyclic amines) is 1. The third kappa shape index (κ3) is 4.51. The number of hydrogen-bond donors (Lipinski definition) is 1. The van der Waals surface area contributed by atoms with E-state index in [0.29, 0.717) is 34.0 Å². The number of pyridine rings is 1. The van der Waals surface area contributed by atoms with Gasteiger partial charge in [0.05, 0.1) is 28.6 Å². The number of rotatable bonds is 6. The summed E-state index contributed by atoms with van der Waals surface area (Å²) in [5.41, 5.74) is 4.96. The number of nitrogens with one attached hydrogen (secondary N) is 1. The number of likely N-dealkylation sites (N-methyl/N-ethyl adjacent to an activating group) is 1. The summed E-state index contributed by atoms with van der Waals surface area (Å²) in [5.74, 6) is 0.138. The van der Waals surface area contributed by atoms with Gasteiger partial charge in [-0.3, -0.25) is 4.79 Å². The molecular formula is C30H27FN4O4S. The fraction of sp³-hybridized carbons (Fsp3) is 0.267. The zero-order chi connectivity index (χ0) is 28.3. The molecule has 0 aliphatic carbocycles. The molecule has 1 saturated heterocycles. The minimum Gasteiger partial charge on any atom is -0.358 e. The molecule has 2 aromatic heterocycles. The molecule has 204 valence electrons. The van der Waals surface area contributed by atoms with Gasteiger partial charge in [-0.15, -0.1) is 0 Å². The maximum absolute atomic E-state index is 14.1. The number of halogens is 1. The molecule has 0 bridgehead atoms. The zero-order valence-electron chi connectivity index (χ0n) is 22.2. The lowest BCUT2D eigenvalue weighted by Crippen LogP contribution is -2.45. The van der Waals surface area contributed by atoms with Crippen LogP contribution in [0.15, 0.2) is 59.4 Å².